The van der Waals surface area contributed by atoms with E-state index in [1.165, 1.54) is 24.3 Å². The molecule has 4 aromatic rings. The van der Waals surface area contributed by atoms with Crippen molar-refractivity contribution in [2.24, 2.45) is 10.2 Å². The molecule has 0 aliphatic rings. The summed E-state index contributed by atoms with van der Waals surface area (Å²) in [6.45, 7) is 4.04. The number of anilines is 1. The molecule has 0 spiro atoms. The number of aryl methyl sites for hydroxylation is 1. The second kappa shape index (κ2) is 13.3. The molecule has 0 radical (unpaired) electrons. The fourth-order valence-electron chi connectivity index (χ4n) is 3.91. The maximum Gasteiger partial charge on any atom is 1.00 e. The molecule has 0 heterocycles. The van der Waals surface area contributed by atoms with Gasteiger partial charge in [-0.05, 0) is 54.6 Å². The first-order chi connectivity index (χ1) is 18.5. The van der Waals surface area contributed by atoms with Crippen molar-refractivity contribution >= 4 is 67.1 Å². The number of nitrogens with one attached hydrogen (secondary N) is 1. The minimum Gasteiger partial charge on any atom is -0.870 e. The smallest absolute Gasteiger partial charge is 0.870 e. The van der Waals surface area contributed by atoms with Crippen LogP contribution in [0.15, 0.2) is 75.8 Å². The van der Waals surface area contributed by atoms with Crippen LogP contribution in [0, 0.1) is 0 Å². The number of hydrogen-bond acceptors (Lipinski definition) is 7. The number of carbonyl (C=O) groups excluding carboxylic acids is 1. The van der Waals surface area contributed by atoms with E-state index in [1.807, 2.05) is 6.92 Å². The van der Waals surface area contributed by atoms with Gasteiger partial charge < -0.3 is 15.2 Å². The Balaban J connectivity index is 0.00000441. The molecule has 9 nitrogen and oxygen atoms in total. The number of halogens is 2. The molecule has 1 amide bonds. The molecular weight excluding hydrogens is 588 g/mol. The van der Waals surface area contributed by atoms with Crippen LogP contribution in [0.4, 0.5) is 17.1 Å². The largest absolute Gasteiger partial charge is 1.00 e. The SMILES string of the molecule is CCOc1ccc(NC(=O)c2cc3ccccc3c(N=Nc3c(CC)ccc(S(=O)(=O)O)c3Cl)c2[O-])cc1Cl.[Na+]. The summed E-state index contributed by atoms with van der Waals surface area (Å²) < 4.78 is 38.4. The molecule has 0 aromatic heterocycles. The van der Waals surface area contributed by atoms with Crippen molar-refractivity contribution in [3.63, 3.8) is 0 Å². The normalized spacial score (nSPS) is 11.4. The predicted molar refractivity (Wildman–Crippen MR) is 149 cm³/mol. The fraction of sp³-hybridized carbons (Fsp3) is 0.148. The predicted octanol–water partition coefficient (Wildman–Crippen LogP) is 4.10. The molecule has 0 atom stereocenters. The number of carbonyl (C=O) groups is 1. The van der Waals surface area contributed by atoms with E-state index in [2.05, 4.69) is 15.5 Å². The van der Waals surface area contributed by atoms with Gasteiger partial charge in [0.15, 0.2) is 0 Å². The molecule has 4 rings (SSSR count). The van der Waals surface area contributed by atoms with E-state index in [0.29, 0.717) is 45.8 Å². The topological polar surface area (TPSA) is 140 Å². The van der Waals surface area contributed by atoms with Crippen LogP contribution in [0.5, 0.6) is 11.5 Å². The van der Waals surface area contributed by atoms with Gasteiger partial charge in [-0.3, -0.25) is 9.35 Å². The van der Waals surface area contributed by atoms with Gasteiger partial charge in [-0.2, -0.15) is 13.5 Å². The molecule has 0 saturated carbocycles. The Morgan fingerprint density at radius 2 is 1.73 bits per heavy atom. The monoisotopic (exact) mass is 609 g/mol. The second-order valence-corrected chi connectivity index (χ2v) is 10.4. The van der Waals surface area contributed by atoms with Gasteiger partial charge in [0.05, 0.1) is 22.3 Å². The Kier molecular flexibility index (Phi) is 10.6. The molecule has 0 bridgehead atoms. The van der Waals surface area contributed by atoms with E-state index in [0.717, 1.165) is 0 Å². The number of nitrogens with zero attached hydrogens (tertiary/aromatic N) is 2. The summed E-state index contributed by atoms with van der Waals surface area (Å²) in [5.41, 5.74) is 0.538. The molecule has 40 heavy (non-hydrogen) atoms. The van der Waals surface area contributed by atoms with Crippen molar-refractivity contribution < 1.29 is 57.2 Å². The summed E-state index contributed by atoms with van der Waals surface area (Å²) in [5.74, 6) is -0.937. The molecule has 0 aliphatic heterocycles. The van der Waals surface area contributed by atoms with Gasteiger partial charge in [-0.25, -0.2) is 0 Å². The summed E-state index contributed by atoms with van der Waals surface area (Å²) in [5, 5.41) is 25.3. The molecule has 0 fully saturated rings. The molecule has 13 heteroatoms. The average Bonchev–Trinajstić information content (AvgIpc) is 2.89. The van der Waals surface area contributed by atoms with Gasteiger partial charge in [0, 0.05) is 16.6 Å². The third-order valence-corrected chi connectivity index (χ3v) is 7.47. The van der Waals surface area contributed by atoms with Crippen LogP contribution in [-0.2, 0) is 16.5 Å². The molecule has 0 unspecified atom stereocenters. The van der Waals surface area contributed by atoms with E-state index >= 15 is 0 Å². The van der Waals surface area contributed by atoms with Gasteiger partial charge in [0.25, 0.3) is 16.0 Å². The zero-order valence-electron chi connectivity index (χ0n) is 21.7. The summed E-state index contributed by atoms with van der Waals surface area (Å²) in [6, 6.07) is 15.6. The first-order valence-electron chi connectivity index (χ1n) is 11.7. The van der Waals surface area contributed by atoms with Crippen LogP contribution in [0.25, 0.3) is 10.8 Å². The zero-order valence-corrected chi connectivity index (χ0v) is 26.1. The molecule has 0 saturated heterocycles. The summed E-state index contributed by atoms with van der Waals surface area (Å²) in [6.07, 6.45) is 0.415. The van der Waals surface area contributed by atoms with E-state index < -0.39 is 26.7 Å². The fourth-order valence-corrected chi connectivity index (χ4v) is 5.22. The number of amides is 1. The van der Waals surface area contributed by atoms with Crippen LogP contribution in [0.2, 0.25) is 10.0 Å². The summed E-state index contributed by atoms with van der Waals surface area (Å²) in [4.78, 5) is 12.6. The van der Waals surface area contributed by atoms with Gasteiger partial charge in [0.2, 0.25) is 0 Å². The van der Waals surface area contributed by atoms with Crippen molar-refractivity contribution in [1.29, 1.82) is 0 Å². The third-order valence-electron chi connectivity index (χ3n) is 5.78. The number of fused-ring (bicyclic) bond motifs is 1. The molecule has 2 N–H and O–H groups in total. The van der Waals surface area contributed by atoms with E-state index in [1.54, 1.807) is 43.3 Å². The number of rotatable bonds is 8. The van der Waals surface area contributed by atoms with Crippen molar-refractivity contribution in [1.82, 2.24) is 0 Å². The van der Waals surface area contributed by atoms with E-state index in [9.17, 15) is 22.9 Å². The van der Waals surface area contributed by atoms with Crippen molar-refractivity contribution in [3.8, 4) is 11.5 Å². The molecule has 4 aromatic carbocycles. The number of hydrogen-bond donors (Lipinski definition) is 2. The minimum atomic E-state index is -4.63. The first kappa shape index (κ1) is 31.8. The molecule has 0 aliphatic carbocycles. The Morgan fingerprint density at radius 1 is 1.02 bits per heavy atom. The van der Waals surface area contributed by atoms with Gasteiger partial charge in [0.1, 0.15) is 16.3 Å². The molecule has 202 valence electrons. The Bertz CT molecular complexity index is 1730. The number of benzene rings is 4. The number of azo groups is 1. The number of ether oxygens (including phenoxy) is 1. The maximum absolute atomic E-state index is 13.5. The van der Waals surface area contributed by atoms with Gasteiger partial charge in [-0.1, -0.05) is 66.2 Å². The van der Waals surface area contributed by atoms with Gasteiger partial charge >= 0.3 is 29.6 Å². The van der Waals surface area contributed by atoms with Crippen molar-refractivity contribution in [2.75, 3.05) is 11.9 Å². The van der Waals surface area contributed by atoms with Crippen molar-refractivity contribution in [2.45, 2.75) is 25.2 Å². The zero-order chi connectivity index (χ0) is 28.3. The maximum atomic E-state index is 13.5. The summed E-state index contributed by atoms with van der Waals surface area (Å²) >= 11 is 12.5. The van der Waals surface area contributed by atoms with Crippen LogP contribution < -0.4 is 44.7 Å². The van der Waals surface area contributed by atoms with Crippen LogP contribution in [0.1, 0.15) is 29.8 Å². The van der Waals surface area contributed by atoms with Crippen LogP contribution in [-0.4, -0.2) is 25.5 Å². The summed E-state index contributed by atoms with van der Waals surface area (Å²) in [7, 11) is -4.63. The quantitative estimate of drug-likeness (QED) is 0.175. The standard InChI is InChI=1S/C27H23Cl2N3O6S.Na/c1-3-15-9-12-22(39(35,36)37)23(29)24(15)31-32-25-18-8-6-5-7-16(18)13-19(26(25)33)27(34)30-17-10-11-21(38-4-2)20(28)14-17;/h5-14,33H,3-4H2,1-2H3,(H,30,34)(H,35,36,37);/q;+1/p-1. The Hall–Kier alpha value is -2.70. The van der Waals surface area contributed by atoms with Crippen LogP contribution >= 0.6 is 23.2 Å². The Morgan fingerprint density at radius 3 is 2.38 bits per heavy atom. The third kappa shape index (κ3) is 6.77. The van der Waals surface area contributed by atoms with E-state index in [4.69, 9.17) is 27.9 Å². The Labute approximate surface area is 263 Å². The van der Waals surface area contributed by atoms with Crippen LogP contribution in [0.3, 0.4) is 0 Å². The van der Waals surface area contributed by atoms with Gasteiger partial charge in [-0.15, -0.1) is 5.11 Å². The van der Waals surface area contributed by atoms with E-state index in [-0.39, 0.29) is 51.5 Å². The molecular formula is C27H22Cl2N3NaO6S. The van der Waals surface area contributed by atoms with Crippen molar-refractivity contribution in [3.05, 3.63) is 81.8 Å². The second-order valence-electron chi connectivity index (χ2n) is 8.27. The minimum absolute atomic E-state index is 0. The average molecular weight is 610 g/mol. The first-order valence-corrected chi connectivity index (χ1v) is 13.9.